The smallest absolute Gasteiger partial charge is 0.326 e. The standard InChI is InChI=1S/C26H43N11O7/c27-16(13-14-5-7-15(38)8-6-14)21(40)35-17(3-1-11-33-25(29)30)22(41)36-18(9-10-20(28)39)23(42)37-19(24(43)44)4-2-12-34-26(31)32/h5-8,16-19,38H,1-4,9-13,27H2,(H2,28,39)(H,35,40)(H,36,41)(H,37,42)(H,43,44)(H4,29,30,33)(H4,31,32,34). The molecule has 0 aliphatic rings. The number of nitrogens with two attached hydrogens (primary N) is 6. The van der Waals surface area contributed by atoms with Crippen LogP contribution in [0.1, 0.15) is 44.1 Å². The molecule has 17 N–H and O–H groups in total. The fourth-order valence-electron chi connectivity index (χ4n) is 3.89. The summed E-state index contributed by atoms with van der Waals surface area (Å²) < 4.78 is 0. The van der Waals surface area contributed by atoms with E-state index in [-0.39, 0.29) is 75.7 Å². The molecule has 4 unspecified atom stereocenters. The Hall–Kier alpha value is -5.13. The van der Waals surface area contributed by atoms with E-state index >= 15 is 0 Å². The highest BCUT2D eigenvalue weighted by atomic mass is 16.4. The van der Waals surface area contributed by atoms with Crippen LogP contribution in [0.4, 0.5) is 0 Å². The first-order valence-corrected chi connectivity index (χ1v) is 13.8. The van der Waals surface area contributed by atoms with E-state index in [0.717, 1.165) is 0 Å². The first-order valence-electron chi connectivity index (χ1n) is 13.8. The quantitative estimate of drug-likeness (QED) is 0.0379. The zero-order valence-electron chi connectivity index (χ0n) is 24.3. The van der Waals surface area contributed by atoms with Crippen LogP contribution in [0.25, 0.3) is 0 Å². The molecule has 4 atom stereocenters. The van der Waals surface area contributed by atoms with Crippen LogP contribution >= 0.6 is 0 Å². The number of amides is 4. The van der Waals surface area contributed by atoms with Gasteiger partial charge in [-0.2, -0.15) is 0 Å². The lowest BCUT2D eigenvalue weighted by atomic mass is 10.0. The van der Waals surface area contributed by atoms with Gasteiger partial charge < -0.3 is 60.6 Å². The van der Waals surface area contributed by atoms with E-state index in [1.807, 2.05) is 0 Å². The second-order valence-corrected chi connectivity index (χ2v) is 9.90. The van der Waals surface area contributed by atoms with E-state index in [0.29, 0.717) is 5.56 Å². The number of aliphatic carboxylic acids is 1. The van der Waals surface area contributed by atoms with Crippen molar-refractivity contribution in [2.75, 3.05) is 13.1 Å². The molecule has 0 bridgehead atoms. The van der Waals surface area contributed by atoms with E-state index in [4.69, 9.17) is 34.4 Å². The maximum atomic E-state index is 13.3. The largest absolute Gasteiger partial charge is 0.508 e. The summed E-state index contributed by atoms with van der Waals surface area (Å²) in [6.45, 7) is 0.257. The Morgan fingerprint density at radius 2 is 1.16 bits per heavy atom. The molecule has 1 aromatic carbocycles. The van der Waals surface area contributed by atoms with Crippen molar-refractivity contribution < 1.29 is 34.2 Å². The third kappa shape index (κ3) is 15.2. The van der Waals surface area contributed by atoms with Gasteiger partial charge in [-0.15, -0.1) is 0 Å². The fraction of sp³-hybridized carbons (Fsp3) is 0.500. The zero-order chi connectivity index (χ0) is 33.2. The second-order valence-electron chi connectivity index (χ2n) is 9.90. The van der Waals surface area contributed by atoms with Crippen LogP contribution in [0.3, 0.4) is 0 Å². The number of aliphatic imine (C=N–C) groups is 2. The van der Waals surface area contributed by atoms with Gasteiger partial charge in [0, 0.05) is 19.5 Å². The number of benzene rings is 1. The first-order chi connectivity index (χ1) is 20.7. The summed E-state index contributed by atoms with van der Waals surface area (Å²) in [6.07, 6.45) is 0.0176. The summed E-state index contributed by atoms with van der Waals surface area (Å²) in [5, 5.41) is 26.4. The molecule has 0 fully saturated rings. The van der Waals surface area contributed by atoms with Gasteiger partial charge in [-0.25, -0.2) is 4.79 Å². The highest BCUT2D eigenvalue weighted by Gasteiger charge is 2.30. The lowest BCUT2D eigenvalue weighted by Crippen LogP contribution is -2.57. The Balaban J connectivity index is 3.06. The van der Waals surface area contributed by atoms with Crippen molar-refractivity contribution in [2.24, 2.45) is 44.4 Å². The average Bonchev–Trinajstić information content (AvgIpc) is 2.94. The minimum Gasteiger partial charge on any atom is -0.508 e. The molecule has 1 rings (SSSR count). The van der Waals surface area contributed by atoms with Crippen molar-refractivity contribution in [1.29, 1.82) is 0 Å². The molecule has 44 heavy (non-hydrogen) atoms. The molecule has 0 saturated heterocycles. The molecule has 0 aromatic heterocycles. The molecule has 0 heterocycles. The van der Waals surface area contributed by atoms with Gasteiger partial charge in [-0.1, -0.05) is 12.1 Å². The van der Waals surface area contributed by atoms with Crippen LogP contribution < -0.4 is 50.4 Å². The van der Waals surface area contributed by atoms with Crippen LogP contribution in [0.15, 0.2) is 34.3 Å². The van der Waals surface area contributed by atoms with Gasteiger partial charge in [0.2, 0.25) is 23.6 Å². The Morgan fingerprint density at radius 1 is 0.705 bits per heavy atom. The van der Waals surface area contributed by atoms with Crippen LogP contribution in [0.2, 0.25) is 0 Å². The molecular formula is C26H43N11O7. The SMILES string of the molecule is NC(=O)CCC(NC(=O)C(CCCN=C(N)N)NC(=O)C(N)Cc1ccc(O)cc1)C(=O)NC(CCCN=C(N)N)C(=O)O. The number of phenolic OH excluding ortho intramolecular Hbond substituents is 1. The Bertz CT molecular complexity index is 1180. The number of primary amides is 1. The van der Waals surface area contributed by atoms with Gasteiger partial charge in [-0.3, -0.25) is 29.2 Å². The van der Waals surface area contributed by atoms with E-state index in [1.54, 1.807) is 12.1 Å². The molecule has 18 nitrogen and oxygen atoms in total. The number of nitrogens with zero attached hydrogens (tertiary/aromatic N) is 2. The normalized spacial score (nSPS) is 13.3. The van der Waals surface area contributed by atoms with Crippen molar-refractivity contribution in [1.82, 2.24) is 16.0 Å². The molecule has 18 heteroatoms. The topological polar surface area (TPSA) is 343 Å². The summed E-state index contributed by atoms with van der Waals surface area (Å²) in [5.41, 5.74) is 33.2. The number of phenols is 1. The Kier molecular flexibility index (Phi) is 16.0. The maximum absolute atomic E-state index is 13.3. The molecular weight excluding hydrogens is 578 g/mol. The summed E-state index contributed by atoms with van der Waals surface area (Å²) >= 11 is 0. The number of rotatable bonds is 20. The number of carbonyl (C=O) groups is 5. The van der Waals surface area contributed by atoms with Crippen LogP contribution in [0, 0.1) is 0 Å². The summed E-state index contributed by atoms with van der Waals surface area (Å²) in [6, 6.07) is 1.06. The lowest BCUT2D eigenvalue weighted by molar-refractivity contribution is -0.142. The second kappa shape index (κ2) is 19.1. The van der Waals surface area contributed by atoms with Gasteiger partial charge in [0.05, 0.1) is 6.04 Å². The van der Waals surface area contributed by atoms with Crippen LogP contribution in [0.5, 0.6) is 5.75 Å². The zero-order valence-corrected chi connectivity index (χ0v) is 24.3. The van der Waals surface area contributed by atoms with Crippen molar-refractivity contribution >= 4 is 41.5 Å². The number of hydrogen-bond donors (Lipinski definition) is 11. The van der Waals surface area contributed by atoms with Crippen molar-refractivity contribution in [3.8, 4) is 5.75 Å². The van der Waals surface area contributed by atoms with Crippen molar-refractivity contribution in [3.63, 3.8) is 0 Å². The molecule has 4 amide bonds. The Morgan fingerprint density at radius 3 is 1.64 bits per heavy atom. The number of carboxylic acid groups (broad SMARTS) is 1. The number of guanidine groups is 2. The third-order valence-corrected chi connectivity index (χ3v) is 6.18. The number of hydrogen-bond acceptors (Lipinski definition) is 9. The Labute approximate surface area is 254 Å². The highest BCUT2D eigenvalue weighted by molar-refractivity contribution is 5.94. The predicted octanol–water partition coefficient (Wildman–Crippen LogP) is -3.83. The third-order valence-electron chi connectivity index (χ3n) is 6.18. The minimum atomic E-state index is -1.38. The summed E-state index contributed by atoms with van der Waals surface area (Å²) in [4.78, 5) is 70.2. The van der Waals surface area contributed by atoms with Crippen LogP contribution in [-0.4, -0.2) is 89.0 Å². The van der Waals surface area contributed by atoms with E-state index < -0.39 is 53.8 Å². The molecule has 1 aromatic rings. The highest BCUT2D eigenvalue weighted by Crippen LogP contribution is 2.11. The molecule has 0 saturated carbocycles. The van der Waals surface area contributed by atoms with E-state index in [1.165, 1.54) is 12.1 Å². The molecule has 0 aliphatic carbocycles. The fourth-order valence-corrected chi connectivity index (χ4v) is 3.89. The van der Waals surface area contributed by atoms with Crippen molar-refractivity contribution in [2.45, 2.75) is 69.1 Å². The van der Waals surface area contributed by atoms with Crippen molar-refractivity contribution in [3.05, 3.63) is 29.8 Å². The van der Waals surface area contributed by atoms with Gasteiger partial charge in [0.25, 0.3) is 0 Å². The van der Waals surface area contributed by atoms with Gasteiger partial charge >= 0.3 is 5.97 Å². The van der Waals surface area contributed by atoms with Gasteiger partial charge in [0.15, 0.2) is 11.9 Å². The number of carboxylic acids is 1. The number of nitrogens with one attached hydrogen (secondary N) is 3. The predicted molar refractivity (Wildman–Crippen MR) is 161 cm³/mol. The van der Waals surface area contributed by atoms with Gasteiger partial charge in [0.1, 0.15) is 23.9 Å². The van der Waals surface area contributed by atoms with E-state index in [9.17, 15) is 34.2 Å². The molecule has 0 aliphatic heterocycles. The van der Waals surface area contributed by atoms with Gasteiger partial charge in [-0.05, 0) is 56.2 Å². The molecule has 0 spiro atoms. The number of aromatic hydroxyl groups is 1. The monoisotopic (exact) mass is 621 g/mol. The average molecular weight is 622 g/mol. The number of carbonyl (C=O) groups excluding carboxylic acids is 4. The minimum absolute atomic E-state index is 0.0310. The summed E-state index contributed by atoms with van der Waals surface area (Å²) in [7, 11) is 0. The summed E-state index contributed by atoms with van der Waals surface area (Å²) in [5.74, 6) is -4.75. The first kappa shape index (κ1) is 36.9. The molecule has 244 valence electrons. The molecule has 0 radical (unpaired) electrons. The lowest BCUT2D eigenvalue weighted by Gasteiger charge is -2.25. The maximum Gasteiger partial charge on any atom is 0.326 e. The van der Waals surface area contributed by atoms with E-state index in [2.05, 4.69) is 25.9 Å². The van der Waals surface area contributed by atoms with Crippen LogP contribution in [-0.2, 0) is 30.4 Å².